The lowest BCUT2D eigenvalue weighted by Gasteiger charge is -2.10. The van der Waals surface area contributed by atoms with Gasteiger partial charge in [-0.15, -0.1) is 0 Å². The Balaban J connectivity index is 1.31. The predicted molar refractivity (Wildman–Crippen MR) is 162 cm³/mol. The van der Waals surface area contributed by atoms with Gasteiger partial charge in [0.1, 0.15) is 16.9 Å². The third-order valence-corrected chi connectivity index (χ3v) is 6.18. The normalized spacial score (nSPS) is 10.5. The molecule has 1 amide bonds. The van der Waals surface area contributed by atoms with Gasteiger partial charge < -0.3 is 29.3 Å². The molecular formula is C33H32N2O7. The largest absolute Gasteiger partial charge is 0.479 e. The number of esters is 1. The van der Waals surface area contributed by atoms with Gasteiger partial charge in [0.2, 0.25) is 6.79 Å². The maximum Gasteiger partial charge on any atom is 0.349 e. The third kappa shape index (κ3) is 8.34. The molecule has 216 valence electrons. The van der Waals surface area contributed by atoms with E-state index in [-0.39, 0.29) is 23.5 Å². The van der Waals surface area contributed by atoms with Crippen LogP contribution in [0.2, 0.25) is 0 Å². The lowest BCUT2D eigenvalue weighted by atomic mass is 10.0. The maximum absolute atomic E-state index is 12.9. The molecule has 4 aromatic rings. The number of allylic oxidation sites excluding steroid dienone is 1. The molecule has 9 heteroatoms. The summed E-state index contributed by atoms with van der Waals surface area (Å²) in [5.74, 6) is -0.162. The molecule has 0 aliphatic heterocycles. The zero-order valence-electron chi connectivity index (χ0n) is 23.5. The smallest absolute Gasteiger partial charge is 0.349 e. The van der Waals surface area contributed by atoms with Crippen molar-refractivity contribution in [2.24, 2.45) is 0 Å². The summed E-state index contributed by atoms with van der Waals surface area (Å²) in [7, 11) is 0. The van der Waals surface area contributed by atoms with Crippen molar-refractivity contribution in [3.8, 4) is 5.75 Å². The minimum Gasteiger partial charge on any atom is -0.479 e. The van der Waals surface area contributed by atoms with Gasteiger partial charge in [-0.2, -0.15) is 0 Å². The summed E-state index contributed by atoms with van der Waals surface area (Å²) < 4.78 is 20.9. The molecule has 0 aliphatic carbocycles. The number of hydrogen-bond donors (Lipinski definition) is 2. The lowest BCUT2D eigenvalue weighted by Crippen LogP contribution is -2.20. The lowest BCUT2D eigenvalue weighted by molar-refractivity contribution is -0.145. The summed E-state index contributed by atoms with van der Waals surface area (Å²) in [6, 6.07) is 21.9. The molecule has 42 heavy (non-hydrogen) atoms. The van der Waals surface area contributed by atoms with Gasteiger partial charge in [0, 0.05) is 28.4 Å². The number of nitrogens with one attached hydrogen (secondary N) is 2. The van der Waals surface area contributed by atoms with Crippen LogP contribution in [-0.4, -0.2) is 25.4 Å². The van der Waals surface area contributed by atoms with Gasteiger partial charge in [-0.25, -0.2) is 9.59 Å². The molecule has 9 nitrogen and oxygen atoms in total. The number of rotatable bonds is 13. The Morgan fingerprint density at radius 3 is 2.10 bits per heavy atom. The standard InChI is InChI=1S/C33H32N2O7/c1-21(2)32(37)41-20-40-28-16-11-25-17-29(33(38)42-30(25)18-28)31(36)35-27-14-9-24(10-15-27)6-5-23-7-12-26(13-8-23)34-19-39-22(3)4/h7-18,34H,1,3,5-6,19-20H2,2,4H3,(H,35,36). The Morgan fingerprint density at radius 2 is 1.48 bits per heavy atom. The van der Waals surface area contributed by atoms with Crippen LogP contribution >= 0.6 is 0 Å². The second kappa shape index (κ2) is 13.8. The first-order valence-electron chi connectivity index (χ1n) is 13.2. The Morgan fingerprint density at radius 1 is 0.833 bits per heavy atom. The van der Waals surface area contributed by atoms with E-state index in [1.165, 1.54) is 24.6 Å². The molecule has 0 aliphatic rings. The van der Waals surface area contributed by atoms with E-state index in [4.69, 9.17) is 18.6 Å². The van der Waals surface area contributed by atoms with Crippen molar-refractivity contribution in [2.75, 3.05) is 24.2 Å². The summed E-state index contributed by atoms with van der Waals surface area (Å²) in [5, 5.41) is 6.46. The average Bonchev–Trinajstić information content (AvgIpc) is 2.96. The van der Waals surface area contributed by atoms with Gasteiger partial charge in [0.15, 0.2) is 6.73 Å². The van der Waals surface area contributed by atoms with Crippen LogP contribution in [0.15, 0.2) is 106 Å². The summed E-state index contributed by atoms with van der Waals surface area (Å²) in [6.07, 6.45) is 1.69. The number of benzene rings is 3. The molecule has 0 atom stereocenters. The quantitative estimate of drug-likeness (QED) is 0.0643. The highest BCUT2D eigenvalue weighted by molar-refractivity contribution is 6.05. The first-order chi connectivity index (χ1) is 20.2. The van der Waals surface area contributed by atoms with Gasteiger partial charge in [-0.1, -0.05) is 37.4 Å². The van der Waals surface area contributed by atoms with Gasteiger partial charge in [0.25, 0.3) is 5.91 Å². The van der Waals surface area contributed by atoms with E-state index in [0.717, 1.165) is 24.1 Å². The van der Waals surface area contributed by atoms with E-state index in [2.05, 4.69) is 35.9 Å². The van der Waals surface area contributed by atoms with E-state index < -0.39 is 17.5 Å². The van der Waals surface area contributed by atoms with Crippen LogP contribution in [0.5, 0.6) is 5.75 Å². The highest BCUT2D eigenvalue weighted by Gasteiger charge is 2.15. The number of amides is 1. The molecule has 3 aromatic carbocycles. The van der Waals surface area contributed by atoms with Crippen LogP contribution in [0.4, 0.5) is 11.4 Å². The molecule has 1 aromatic heterocycles. The highest BCUT2D eigenvalue weighted by atomic mass is 16.7. The van der Waals surface area contributed by atoms with Crippen LogP contribution in [0.1, 0.15) is 35.3 Å². The van der Waals surface area contributed by atoms with Crippen LogP contribution in [0.25, 0.3) is 11.0 Å². The van der Waals surface area contributed by atoms with Gasteiger partial charge in [-0.05, 0) is 80.3 Å². The second-order valence-corrected chi connectivity index (χ2v) is 9.64. The molecule has 0 radical (unpaired) electrons. The van der Waals surface area contributed by atoms with Crippen molar-refractivity contribution < 1.29 is 28.2 Å². The number of carbonyl (C=O) groups is 2. The topological polar surface area (TPSA) is 116 Å². The fourth-order valence-electron chi connectivity index (χ4n) is 3.89. The van der Waals surface area contributed by atoms with E-state index in [1.807, 2.05) is 24.3 Å². The van der Waals surface area contributed by atoms with Gasteiger partial charge >= 0.3 is 11.6 Å². The minimum atomic E-state index is -0.785. The predicted octanol–water partition coefficient (Wildman–Crippen LogP) is 6.21. The summed E-state index contributed by atoms with van der Waals surface area (Å²) in [4.78, 5) is 36.9. The minimum absolute atomic E-state index is 0.125. The first kappa shape index (κ1) is 29.7. The number of carbonyl (C=O) groups excluding carboxylic acids is 2. The van der Waals surface area contributed by atoms with Crippen molar-refractivity contribution in [3.63, 3.8) is 0 Å². The first-order valence-corrected chi connectivity index (χ1v) is 13.2. The summed E-state index contributed by atoms with van der Waals surface area (Å²) >= 11 is 0. The molecule has 0 spiro atoms. The molecule has 2 N–H and O–H groups in total. The van der Waals surface area contributed by atoms with Crippen molar-refractivity contribution >= 4 is 34.2 Å². The maximum atomic E-state index is 12.9. The molecule has 0 saturated carbocycles. The number of aryl methyl sites for hydroxylation is 2. The van der Waals surface area contributed by atoms with E-state index in [0.29, 0.717) is 29.3 Å². The second-order valence-electron chi connectivity index (χ2n) is 9.64. The highest BCUT2D eigenvalue weighted by Crippen LogP contribution is 2.21. The molecule has 1 heterocycles. The van der Waals surface area contributed by atoms with Crippen LogP contribution in [0, 0.1) is 0 Å². The van der Waals surface area contributed by atoms with Gasteiger partial charge in [0.05, 0.1) is 5.76 Å². The van der Waals surface area contributed by atoms with Crippen molar-refractivity contribution in [1.29, 1.82) is 0 Å². The zero-order chi connectivity index (χ0) is 30.1. The molecule has 0 fully saturated rings. The fraction of sp³-hybridized carbons (Fsp3) is 0.182. The number of ether oxygens (including phenoxy) is 3. The molecule has 0 unspecified atom stereocenters. The SMILES string of the molecule is C=C(C)OCNc1ccc(CCc2ccc(NC(=O)c3cc4ccc(OCOC(=O)C(=C)C)cc4oc3=O)cc2)cc1. The third-order valence-electron chi connectivity index (χ3n) is 6.18. The summed E-state index contributed by atoms with van der Waals surface area (Å²) in [6.45, 7) is 10.6. The fourth-order valence-corrected chi connectivity index (χ4v) is 3.89. The van der Waals surface area contributed by atoms with Crippen LogP contribution < -0.4 is 21.0 Å². The Kier molecular flexibility index (Phi) is 9.78. The van der Waals surface area contributed by atoms with Crippen molar-refractivity contribution in [1.82, 2.24) is 0 Å². The van der Waals surface area contributed by atoms with Crippen LogP contribution in [-0.2, 0) is 27.1 Å². The van der Waals surface area contributed by atoms with E-state index in [1.54, 1.807) is 31.2 Å². The Bertz CT molecular complexity index is 1660. The number of anilines is 2. The zero-order valence-corrected chi connectivity index (χ0v) is 23.5. The monoisotopic (exact) mass is 568 g/mol. The van der Waals surface area contributed by atoms with E-state index in [9.17, 15) is 14.4 Å². The molecule has 0 saturated heterocycles. The van der Waals surface area contributed by atoms with Crippen molar-refractivity contribution in [3.05, 3.63) is 124 Å². The summed E-state index contributed by atoms with van der Waals surface area (Å²) in [5.41, 5.74) is 3.41. The molecule has 0 bridgehead atoms. The Labute approximate surface area is 243 Å². The molecular weight excluding hydrogens is 536 g/mol. The van der Waals surface area contributed by atoms with Crippen molar-refractivity contribution in [2.45, 2.75) is 26.7 Å². The number of fused-ring (bicyclic) bond motifs is 1. The number of hydrogen-bond acceptors (Lipinski definition) is 8. The van der Waals surface area contributed by atoms with Crippen LogP contribution in [0.3, 0.4) is 0 Å². The average molecular weight is 569 g/mol. The van der Waals surface area contributed by atoms with E-state index >= 15 is 0 Å². The molecule has 4 rings (SSSR count). The Hall–Kier alpha value is -5.31. The van der Waals surface area contributed by atoms with Gasteiger partial charge in [-0.3, -0.25) is 4.79 Å².